The van der Waals surface area contributed by atoms with E-state index in [1.165, 1.54) is 6.21 Å². The monoisotopic (exact) mass is 543 g/mol. The van der Waals surface area contributed by atoms with E-state index in [4.69, 9.17) is 4.74 Å². The molecule has 0 bridgehead atoms. The van der Waals surface area contributed by atoms with Gasteiger partial charge in [-0.05, 0) is 54.6 Å². The van der Waals surface area contributed by atoms with Crippen LogP contribution < -0.4 is 15.5 Å². The Morgan fingerprint density at radius 3 is 2.23 bits per heavy atom. The highest BCUT2D eigenvalue weighted by molar-refractivity contribution is 9.10. The molecule has 3 rings (SSSR count). The van der Waals surface area contributed by atoms with Gasteiger partial charge >= 0.3 is 17.8 Å². The molecule has 31 heavy (non-hydrogen) atoms. The summed E-state index contributed by atoms with van der Waals surface area (Å²) < 4.78 is 6.99. The van der Waals surface area contributed by atoms with E-state index in [-0.39, 0.29) is 5.75 Å². The number of nitrogens with one attached hydrogen (secondary N) is 2. The molecule has 0 aliphatic carbocycles. The maximum atomic E-state index is 12.3. The van der Waals surface area contributed by atoms with Gasteiger partial charge in [-0.2, -0.15) is 5.10 Å². The fourth-order valence-corrected chi connectivity index (χ4v) is 3.02. The van der Waals surface area contributed by atoms with Crippen molar-refractivity contribution >= 4 is 61.5 Å². The average molecular weight is 545 g/mol. The van der Waals surface area contributed by atoms with Crippen molar-refractivity contribution in [3.8, 4) is 5.75 Å². The summed E-state index contributed by atoms with van der Waals surface area (Å²) in [5, 5.41) is 6.25. The van der Waals surface area contributed by atoms with Crippen LogP contribution in [-0.2, 0) is 9.59 Å². The summed E-state index contributed by atoms with van der Waals surface area (Å²) in [6.45, 7) is 0. The number of ether oxygens (including phenoxy) is 1. The molecule has 0 aliphatic heterocycles. The van der Waals surface area contributed by atoms with E-state index in [0.29, 0.717) is 21.3 Å². The second kappa shape index (κ2) is 10.6. The highest BCUT2D eigenvalue weighted by Gasteiger charge is 2.14. The third-order valence-corrected chi connectivity index (χ3v) is 4.88. The van der Waals surface area contributed by atoms with Gasteiger partial charge in [0.15, 0.2) is 0 Å². The highest BCUT2D eigenvalue weighted by atomic mass is 79.9. The van der Waals surface area contributed by atoms with Crippen LogP contribution >= 0.6 is 31.9 Å². The first kappa shape index (κ1) is 22.4. The number of nitrogens with zero attached hydrogens (tertiary/aromatic N) is 1. The lowest BCUT2D eigenvalue weighted by molar-refractivity contribution is -0.136. The second-order valence-corrected chi connectivity index (χ2v) is 7.93. The third kappa shape index (κ3) is 6.59. The van der Waals surface area contributed by atoms with E-state index in [9.17, 15) is 14.4 Å². The number of carbonyl (C=O) groups excluding carboxylic acids is 3. The van der Waals surface area contributed by atoms with E-state index < -0.39 is 17.8 Å². The van der Waals surface area contributed by atoms with Crippen molar-refractivity contribution in [3.05, 3.63) is 92.9 Å². The van der Waals surface area contributed by atoms with Crippen LogP contribution in [-0.4, -0.2) is 24.0 Å². The largest absolute Gasteiger partial charge is 0.422 e. The fraction of sp³-hybridized carbons (Fsp3) is 0. The number of hydrogen-bond donors (Lipinski definition) is 2. The number of anilines is 1. The molecule has 9 heteroatoms. The summed E-state index contributed by atoms with van der Waals surface area (Å²) in [6, 6.07) is 20.2. The Kier molecular flexibility index (Phi) is 7.69. The quantitative estimate of drug-likeness (QED) is 0.162. The Hall–Kier alpha value is -3.30. The van der Waals surface area contributed by atoms with Crippen LogP contribution in [0.5, 0.6) is 5.75 Å². The molecule has 3 aromatic carbocycles. The van der Waals surface area contributed by atoms with E-state index in [1.54, 1.807) is 72.8 Å². The van der Waals surface area contributed by atoms with Gasteiger partial charge in [0.1, 0.15) is 5.75 Å². The molecule has 0 saturated carbocycles. The molecule has 0 aromatic heterocycles. The molecule has 2 amide bonds. The summed E-state index contributed by atoms with van der Waals surface area (Å²) in [7, 11) is 0. The topological polar surface area (TPSA) is 96.9 Å². The highest BCUT2D eigenvalue weighted by Crippen LogP contribution is 2.23. The number of rotatable bonds is 5. The first-order chi connectivity index (χ1) is 14.9. The lowest BCUT2D eigenvalue weighted by Crippen LogP contribution is -2.32. The normalized spacial score (nSPS) is 10.5. The van der Waals surface area contributed by atoms with Gasteiger partial charge in [0.2, 0.25) is 0 Å². The first-order valence-electron chi connectivity index (χ1n) is 8.89. The van der Waals surface area contributed by atoms with Gasteiger partial charge in [-0.15, -0.1) is 0 Å². The lowest BCUT2D eigenvalue weighted by atomic mass is 10.2. The lowest BCUT2D eigenvalue weighted by Gasteiger charge is -2.08. The molecule has 156 valence electrons. The Morgan fingerprint density at radius 1 is 0.839 bits per heavy atom. The maximum absolute atomic E-state index is 12.3. The van der Waals surface area contributed by atoms with E-state index in [2.05, 4.69) is 47.7 Å². The summed E-state index contributed by atoms with van der Waals surface area (Å²) in [4.78, 5) is 36.3. The Bertz CT molecular complexity index is 1130. The number of esters is 1. The number of carbonyl (C=O) groups is 3. The van der Waals surface area contributed by atoms with Crippen molar-refractivity contribution in [1.29, 1.82) is 0 Å². The molecule has 0 heterocycles. The van der Waals surface area contributed by atoms with Crippen LogP contribution in [0.2, 0.25) is 0 Å². The van der Waals surface area contributed by atoms with Crippen molar-refractivity contribution < 1.29 is 19.1 Å². The van der Waals surface area contributed by atoms with Crippen molar-refractivity contribution in [2.75, 3.05) is 5.32 Å². The van der Waals surface area contributed by atoms with Gasteiger partial charge < -0.3 is 10.1 Å². The summed E-state index contributed by atoms with van der Waals surface area (Å²) in [5.41, 5.74) is 3.43. The average Bonchev–Trinajstić information content (AvgIpc) is 2.77. The molecule has 0 atom stereocenters. The molecular weight excluding hydrogens is 530 g/mol. The summed E-state index contributed by atoms with van der Waals surface area (Å²) in [6.07, 6.45) is 1.28. The molecule has 0 radical (unpaired) electrons. The van der Waals surface area contributed by atoms with E-state index in [0.717, 1.165) is 4.47 Å². The predicted octanol–water partition coefficient (Wildman–Crippen LogP) is 4.52. The maximum Gasteiger partial charge on any atom is 0.343 e. The van der Waals surface area contributed by atoms with Crippen molar-refractivity contribution in [2.24, 2.45) is 5.10 Å². The Balaban J connectivity index is 1.65. The zero-order chi connectivity index (χ0) is 22.2. The molecule has 0 saturated heterocycles. The zero-order valence-electron chi connectivity index (χ0n) is 15.8. The van der Waals surface area contributed by atoms with Gasteiger partial charge in [-0.1, -0.05) is 50.1 Å². The smallest absolute Gasteiger partial charge is 0.343 e. The van der Waals surface area contributed by atoms with Crippen LogP contribution in [0.15, 0.2) is 86.8 Å². The minimum atomic E-state index is -0.947. The summed E-state index contributed by atoms with van der Waals surface area (Å²) >= 11 is 6.63. The number of halogens is 2. The molecular formula is C22H15Br2N3O4. The number of hydrazone groups is 1. The van der Waals surface area contributed by atoms with Crippen molar-refractivity contribution in [2.45, 2.75) is 0 Å². The Morgan fingerprint density at radius 2 is 1.52 bits per heavy atom. The number of benzene rings is 3. The zero-order valence-corrected chi connectivity index (χ0v) is 19.0. The molecule has 2 N–H and O–H groups in total. The molecule has 0 unspecified atom stereocenters. The van der Waals surface area contributed by atoms with Crippen LogP contribution in [0.25, 0.3) is 0 Å². The third-order valence-electron chi connectivity index (χ3n) is 3.86. The van der Waals surface area contributed by atoms with Crippen molar-refractivity contribution in [3.63, 3.8) is 0 Å². The second-order valence-electron chi connectivity index (χ2n) is 6.10. The molecule has 0 spiro atoms. The number of amides is 2. The van der Waals surface area contributed by atoms with Gasteiger partial charge in [0.25, 0.3) is 0 Å². The van der Waals surface area contributed by atoms with Gasteiger partial charge in [-0.25, -0.2) is 10.2 Å². The van der Waals surface area contributed by atoms with E-state index in [1.807, 2.05) is 0 Å². The van der Waals surface area contributed by atoms with E-state index >= 15 is 0 Å². The van der Waals surface area contributed by atoms with Crippen LogP contribution in [0.1, 0.15) is 15.9 Å². The predicted molar refractivity (Wildman–Crippen MR) is 124 cm³/mol. The van der Waals surface area contributed by atoms with Gasteiger partial charge in [0, 0.05) is 20.2 Å². The number of hydrogen-bond acceptors (Lipinski definition) is 5. The van der Waals surface area contributed by atoms with Gasteiger partial charge in [0.05, 0.1) is 11.8 Å². The van der Waals surface area contributed by atoms with Gasteiger partial charge in [-0.3, -0.25) is 9.59 Å². The standard InChI is InChI=1S/C22H15Br2N3O4/c23-16-6-9-18(10-7-16)26-20(28)21(29)27-25-13-15-12-17(24)8-11-19(15)31-22(30)14-4-2-1-3-5-14/h1-13H,(H,26,28)(H,27,29)/b25-13-. The molecule has 3 aromatic rings. The SMILES string of the molecule is O=C(N/N=C\c1cc(Br)ccc1OC(=O)c1ccccc1)C(=O)Nc1ccc(Br)cc1. The minimum absolute atomic E-state index is 0.245. The van der Waals surface area contributed by atoms with Crippen LogP contribution in [0.4, 0.5) is 5.69 Å². The Labute approximate surface area is 194 Å². The molecule has 0 fully saturated rings. The molecule has 7 nitrogen and oxygen atoms in total. The minimum Gasteiger partial charge on any atom is -0.422 e. The van der Waals surface area contributed by atoms with Crippen LogP contribution in [0.3, 0.4) is 0 Å². The summed E-state index contributed by atoms with van der Waals surface area (Å²) in [5.74, 6) is -2.11. The van der Waals surface area contributed by atoms with Crippen LogP contribution in [0, 0.1) is 0 Å². The first-order valence-corrected chi connectivity index (χ1v) is 10.5. The molecule has 0 aliphatic rings. The fourth-order valence-electron chi connectivity index (χ4n) is 2.38. The van der Waals surface area contributed by atoms with Crippen molar-refractivity contribution in [1.82, 2.24) is 5.43 Å².